The summed E-state index contributed by atoms with van der Waals surface area (Å²) in [5.41, 5.74) is -0.234. The molecule has 0 fully saturated rings. The number of carbonyl (C=O) groups is 1. The van der Waals surface area contributed by atoms with Crippen molar-refractivity contribution in [3.63, 3.8) is 0 Å². The number of carbonyl (C=O) groups excluding carboxylic acids is 1. The highest BCUT2D eigenvalue weighted by Gasteiger charge is 2.17. The molecule has 78 valence electrons. The van der Waals surface area contributed by atoms with Gasteiger partial charge in [0.1, 0.15) is 0 Å². The number of aliphatic hydroxyl groups excluding tert-OH is 1. The van der Waals surface area contributed by atoms with Crippen molar-refractivity contribution in [2.24, 2.45) is 5.41 Å². The third kappa shape index (κ3) is 6.54. The molecule has 0 atom stereocenters. The highest BCUT2D eigenvalue weighted by Crippen LogP contribution is 2.10. The normalized spacial score (nSPS) is 11.8. The van der Waals surface area contributed by atoms with Crippen molar-refractivity contribution in [3.8, 4) is 0 Å². The van der Waals surface area contributed by atoms with Gasteiger partial charge in [0.15, 0.2) is 0 Å². The summed E-state index contributed by atoms with van der Waals surface area (Å²) in [6, 6.07) is 0. The van der Waals surface area contributed by atoms with Crippen molar-refractivity contribution in [1.29, 1.82) is 0 Å². The van der Waals surface area contributed by atoms with Crippen LogP contribution in [0.4, 0.5) is 0 Å². The first-order valence-electron chi connectivity index (χ1n) is 4.40. The molecule has 2 N–H and O–H groups in total. The first kappa shape index (κ1) is 12.4. The fraction of sp³-hybridized carbons (Fsp3) is 0.889. The fourth-order valence-electron chi connectivity index (χ4n) is 0.737. The Balaban J connectivity index is 3.70. The minimum absolute atomic E-state index is 0.00785. The van der Waals surface area contributed by atoms with Crippen LogP contribution in [0.15, 0.2) is 0 Å². The molecule has 0 aliphatic carbocycles. The van der Waals surface area contributed by atoms with Gasteiger partial charge in [-0.25, -0.2) is 0 Å². The molecule has 1 amide bonds. The van der Waals surface area contributed by atoms with Crippen molar-refractivity contribution in [1.82, 2.24) is 10.2 Å². The SMILES string of the molecule is CN(C)CC(=O)NCC(C)(C)CO. The lowest BCUT2D eigenvalue weighted by atomic mass is 9.95. The lowest BCUT2D eigenvalue weighted by Crippen LogP contribution is -2.40. The molecule has 0 spiro atoms. The van der Waals surface area contributed by atoms with E-state index in [2.05, 4.69) is 5.32 Å². The van der Waals surface area contributed by atoms with Gasteiger partial charge in [0.2, 0.25) is 5.91 Å². The molecule has 0 saturated heterocycles. The van der Waals surface area contributed by atoms with E-state index in [1.54, 1.807) is 4.90 Å². The molecule has 13 heavy (non-hydrogen) atoms. The Labute approximate surface area is 79.9 Å². The number of hydrogen-bond acceptors (Lipinski definition) is 3. The van der Waals surface area contributed by atoms with E-state index >= 15 is 0 Å². The number of aliphatic hydroxyl groups is 1. The lowest BCUT2D eigenvalue weighted by Gasteiger charge is -2.22. The molecule has 0 rings (SSSR count). The van der Waals surface area contributed by atoms with E-state index in [1.807, 2.05) is 27.9 Å². The average molecular weight is 188 g/mol. The Morgan fingerprint density at radius 1 is 1.46 bits per heavy atom. The van der Waals surface area contributed by atoms with Gasteiger partial charge in [0.25, 0.3) is 0 Å². The van der Waals surface area contributed by atoms with Gasteiger partial charge in [0.05, 0.1) is 6.54 Å². The van der Waals surface area contributed by atoms with E-state index in [1.165, 1.54) is 0 Å². The van der Waals surface area contributed by atoms with Crippen LogP contribution in [0.5, 0.6) is 0 Å². The Bertz CT molecular complexity index is 167. The molecule has 4 heteroatoms. The van der Waals surface area contributed by atoms with Crippen LogP contribution in [0.2, 0.25) is 0 Å². The summed E-state index contributed by atoms with van der Waals surface area (Å²) in [4.78, 5) is 13.0. The van der Waals surface area contributed by atoms with Crippen molar-refractivity contribution in [2.75, 3.05) is 33.8 Å². The van der Waals surface area contributed by atoms with Crippen molar-refractivity contribution in [3.05, 3.63) is 0 Å². The third-order valence-corrected chi connectivity index (χ3v) is 1.65. The van der Waals surface area contributed by atoms with Gasteiger partial charge < -0.3 is 15.3 Å². The van der Waals surface area contributed by atoms with Gasteiger partial charge in [-0.1, -0.05) is 13.8 Å². The summed E-state index contributed by atoms with van der Waals surface area (Å²) in [7, 11) is 3.69. The van der Waals surface area contributed by atoms with Crippen molar-refractivity contribution in [2.45, 2.75) is 13.8 Å². The third-order valence-electron chi connectivity index (χ3n) is 1.65. The predicted molar refractivity (Wildman–Crippen MR) is 52.4 cm³/mol. The quantitative estimate of drug-likeness (QED) is 0.622. The van der Waals surface area contributed by atoms with Crippen LogP contribution >= 0.6 is 0 Å². The maximum absolute atomic E-state index is 11.2. The molecule has 0 aromatic heterocycles. The fourth-order valence-corrected chi connectivity index (χ4v) is 0.737. The van der Waals surface area contributed by atoms with E-state index in [0.29, 0.717) is 13.1 Å². The van der Waals surface area contributed by atoms with Gasteiger partial charge in [0, 0.05) is 18.6 Å². The molecule has 0 saturated carbocycles. The van der Waals surface area contributed by atoms with Gasteiger partial charge in [-0.05, 0) is 14.1 Å². The van der Waals surface area contributed by atoms with Crippen LogP contribution in [0.25, 0.3) is 0 Å². The minimum atomic E-state index is -0.234. The molecular formula is C9H20N2O2. The maximum Gasteiger partial charge on any atom is 0.234 e. The maximum atomic E-state index is 11.2. The Morgan fingerprint density at radius 3 is 2.38 bits per heavy atom. The molecule has 0 aromatic rings. The van der Waals surface area contributed by atoms with Gasteiger partial charge in [-0.2, -0.15) is 0 Å². The topological polar surface area (TPSA) is 52.6 Å². The van der Waals surface area contributed by atoms with Crippen LogP contribution in [-0.4, -0.2) is 49.7 Å². The number of nitrogens with one attached hydrogen (secondary N) is 1. The summed E-state index contributed by atoms with van der Waals surface area (Å²) in [6.07, 6.45) is 0. The smallest absolute Gasteiger partial charge is 0.234 e. The second kappa shape index (κ2) is 5.19. The zero-order valence-corrected chi connectivity index (χ0v) is 8.92. The number of hydrogen-bond donors (Lipinski definition) is 2. The van der Waals surface area contributed by atoms with Crippen LogP contribution in [0.1, 0.15) is 13.8 Å². The van der Waals surface area contributed by atoms with Crippen molar-refractivity contribution < 1.29 is 9.90 Å². The second-order valence-corrected chi connectivity index (χ2v) is 4.34. The molecule has 0 bridgehead atoms. The molecule has 0 aromatic carbocycles. The summed E-state index contributed by atoms with van der Waals surface area (Å²) < 4.78 is 0. The van der Waals surface area contributed by atoms with Gasteiger partial charge in [-0.15, -0.1) is 0 Å². The molecule has 0 heterocycles. The largest absolute Gasteiger partial charge is 0.396 e. The predicted octanol–water partition coefficient (Wildman–Crippen LogP) is -0.317. The molecule has 0 unspecified atom stereocenters. The standard InChI is InChI=1S/C9H20N2O2/c1-9(2,7-12)6-10-8(13)5-11(3)4/h12H,5-7H2,1-4H3,(H,10,13). The highest BCUT2D eigenvalue weighted by atomic mass is 16.3. The molecule has 0 aliphatic rings. The Kier molecular flexibility index (Phi) is 4.95. The van der Waals surface area contributed by atoms with Gasteiger partial charge in [-0.3, -0.25) is 4.79 Å². The first-order valence-corrected chi connectivity index (χ1v) is 4.40. The number of likely N-dealkylation sites (N-methyl/N-ethyl adjacent to an activating group) is 1. The van der Waals surface area contributed by atoms with E-state index in [9.17, 15) is 4.79 Å². The van der Waals surface area contributed by atoms with Crippen LogP contribution in [-0.2, 0) is 4.79 Å². The van der Waals surface area contributed by atoms with E-state index < -0.39 is 0 Å². The first-order chi connectivity index (χ1) is 5.87. The number of nitrogens with zero attached hydrogens (tertiary/aromatic N) is 1. The Morgan fingerprint density at radius 2 is 2.00 bits per heavy atom. The molecule has 0 aliphatic heterocycles. The van der Waals surface area contributed by atoms with E-state index in [4.69, 9.17) is 5.11 Å². The summed E-state index contributed by atoms with van der Waals surface area (Å²) >= 11 is 0. The van der Waals surface area contributed by atoms with E-state index in [-0.39, 0.29) is 17.9 Å². The highest BCUT2D eigenvalue weighted by molar-refractivity contribution is 5.77. The van der Waals surface area contributed by atoms with E-state index in [0.717, 1.165) is 0 Å². The lowest BCUT2D eigenvalue weighted by molar-refractivity contribution is -0.122. The number of amides is 1. The number of rotatable bonds is 5. The minimum Gasteiger partial charge on any atom is -0.396 e. The van der Waals surface area contributed by atoms with Crippen LogP contribution in [0.3, 0.4) is 0 Å². The molecular weight excluding hydrogens is 168 g/mol. The zero-order valence-electron chi connectivity index (χ0n) is 8.92. The van der Waals surface area contributed by atoms with Gasteiger partial charge >= 0.3 is 0 Å². The second-order valence-electron chi connectivity index (χ2n) is 4.34. The zero-order chi connectivity index (χ0) is 10.5. The molecule has 4 nitrogen and oxygen atoms in total. The van der Waals surface area contributed by atoms with Crippen molar-refractivity contribution >= 4 is 5.91 Å². The van der Waals surface area contributed by atoms with Crippen LogP contribution in [0, 0.1) is 5.41 Å². The summed E-state index contributed by atoms with van der Waals surface area (Å²) in [5, 5.41) is 11.7. The summed E-state index contributed by atoms with van der Waals surface area (Å²) in [6.45, 7) is 4.79. The average Bonchev–Trinajstić information content (AvgIpc) is 2.00. The monoisotopic (exact) mass is 188 g/mol. The summed E-state index contributed by atoms with van der Waals surface area (Å²) in [5.74, 6) is -0.00785. The Hall–Kier alpha value is -0.610. The van der Waals surface area contributed by atoms with Crippen LogP contribution < -0.4 is 5.32 Å². The molecule has 0 radical (unpaired) electrons.